The molecule has 1 aliphatic rings. The molecule has 0 aliphatic carbocycles. The van der Waals surface area contributed by atoms with E-state index >= 15 is 0 Å². The second-order valence-electron chi connectivity index (χ2n) is 5.03. The van der Waals surface area contributed by atoms with E-state index < -0.39 is 0 Å². The van der Waals surface area contributed by atoms with Crippen molar-refractivity contribution in [2.75, 3.05) is 19.8 Å². The molecule has 1 unspecified atom stereocenters. The van der Waals surface area contributed by atoms with Gasteiger partial charge in [-0.3, -0.25) is 0 Å². The van der Waals surface area contributed by atoms with Gasteiger partial charge in [0.1, 0.15) is 0 Å². The van der Waals surface area contributed by atoms with E-state index in [1.165, 1.54) is 32.1 Å². The molecule has 0 aromatic carbocycles. The third-order valence-electron chi connectivity index (χ3n) is 4.01. The van der Waals surface area contributed by atoms with Gasteiger partial charge < -0.3 is 10.1 Å². The molecule has 1 heterocycles. The van der Waals surface area contributed by atoms with Crippen LogP contribution in [0.2, 0.25) is 0 Å². The monoisotopic (exact) mass is 227 g/mol. The summed E-state index contributed by atoms with van der Waals surface area (Å²) in [6.45, 7) is 9.92. The van der Waals surface area contributed by atoms with Crippen LogP contribution in [0.15, 0.2) is 0 Å². The fourth-order valence-electron chi connectivity index (χ4n) is 2.90. The summed E-state index contributed by atoms with van der Waals surface area (Å²) in [4.78, 5) is 0. The molecule has 96 valence electrons. The van der Waals surface area contributed by atoms with Crippen molar-refractivity contribution in [3.8, 4) is 0 Å². The van der Waals surface area contributed by atoms with Crippen molar-refractivity contribution in [1.29, 1.82) is 0 Å². The highest BCUT2D eigenvalue weighted by atomic mass is 16.5. The number of hydrogen-bond donors (Lipinski definition) is 1. The first-order valence-corrected chi connectivity index (χ1v) is 7.12. The van der Waals surface area contributed by atoms with Crippen molar-refractivity contribution < 1.29 is 4.74 Å². The third kappa shape index (κ3) is 4.42. The summed E-state index contributed by atoms with van der Waals surface area (Å²) >= 11 is 0. The summed E-state index contributed by atoms with van der Waals surface area (Å²) in [5, 5.41) is 3.69. The zero-order chi connectivity index (χ0) is 11.8. The molecule has 1 saturated heterocycles. The van der Waals surface area contributed by atoms with E-state index in [0.717, 1.165) is 37.6 Å². The van der Waals surface area contributed by atoms with E-state index in [2.05, 4.69) is 26.1 Å². The van der Waals surface area contributed by atoms with E-state index in [1.807, 2.05) is 0 Å². The molecular weight excluding hydrogens is 198 g/mol. The SMILES string of the molecule is CCNC(CC1CCOCC1)C(CC)CC. The van der Waals surface area contributed by atoms with Gasteiger partial charge in [-0.25, -0.2) is 0 Å². The summed E-state index contributed by atoms with van der Waals surface area (Å²) in [7, 11) is 0. The Hall–Kier alpha value is -0.0800. The fraction of sp³-hybridized carbons (Fsp3) is 1.00. The Morgan fingerprint density at radius 1 is 1.12 bits per heavy atom. The standard InChI is InChI=1S/C14H29NO/c1-4-13(5-2)14(15-6-3)11-12-7-9-16-10-8-12/h12-15H,4-11H2,1-3H3. The molecule has 16 heavy (non-hydrogen) atoms. The van der Waals surface area contributed by atoms with E-state index in [9.17, 15) is 0 Å². The maximum atomic E-state index is 5.43. The lowest BCUT2D eigenvalue weighted by Gasteiger charge is -2.31. The first kappa shape index (κ1) is 14.0. The average Bonchev–Trinajstić information content (AvgIpc) is 2.32. The number of ether oxygens (including phenoxy) is 1. The Labute approximate surface area is 101 Å². The molecule has 0 amide bonds. The van der Waals surface area contributed by atoms with Crippen molar-refractivity contribution in [2.45, 2.75) is 58.9 Å². The van der Waals surface area contributed by atoms with E-state index in [1.54, 1.807) is 0 Å². The Balaban J connectivity index is 2.41. The van der Waals surface area contributed by atoms with Gasteiger partial charge in [0.2, 0.25) is 0 Å². The Bertz CT molecular complexity index is 162. The molecule has 0 aromatic heterocycles. The van der Waals surface area contributed by atoms with Gasteiger partial charge in [-0.05, 0) is 37.6 Å². The zero-order valence-corrected chi connectivity index (χ0v) is 11.3. The lowest BCUT2D eigenvalue weighted by molar-refractivity contribution is 0.0576. The molecule has 0 aromatic rings. The molecule has 1 rings (SSSR count). The molecule has 1 atom stereocenters. The van der Waals surface area contributed by atoms with Crippen molar-refractivity contribution >= 4 is 0 Å². The Kier molecular flexibility index (Phi) is 7.06. The minimum atomic E-state index is 0.725. The molecule has 0 bridgehead atoms. The van der Waals surface area contributed by atoms with Crippen LogP contribution in [0.1, 0.15) is 52.9 Å². The van der Waals surface area contributed by atoms with Crippen LogP contribution < -0.4 is 5.32 Å². The quantitative estimate of drug-likeness (QED) is 0.721. The highest BCUT2D eigenvalue weighted by Crippen LogP contribution is 2.25. The molecule has 0 saturated carbocycles. The van der Waals surface area contributed by atoms with E-state index in [0.29, 0.717) is 0 Å². The summed E-state index contributed by atoms with van der Waals surface area (Å²) in [5.74, 6) is 1.74. The van der Waals surface area contributed by atoms with Gasteiger partial charge >= 0.3 is 0 Å². The topological polar surface area (TPSA) is 21.3 Å². The van der Waals surface area contributed by atoms with Gasteiger partial charge in [-0.2, -0.15) is 0 Å². The first-order chi connectivity index (χ1) is 7.81. The fourth-order valence-corrected chi connectivity index (χ4v) is 2.90. The molecule has 0 spiro atoms. The van der Waals surface area contributed by atoms with Gasteiger partial charge in [0, 0.05) is 19.3 Å². The maximum absolute atomic E-state index is 5.43. The highest BCUT2D eigenvalue weighted by molar-refractivity contribution is 4.78. The lowest BCUT2D eigenvalue weighted by atomic mass is 9.84. The molecule has 1 N–H and O–H groups in total. The summed E-state index contributed by atoms with van der Waals surface area (Å²) in [6, 6.07) is 0.725. The summed E-state index contributed by atoms with van der Waals surface area (Å²) < 4.78 is 5.43. The third-order valence-corrected chi connectivity index (χ3v) is 4.01. The minimum absolute atomic E-state index is 0.725. The molecule has 2 nitrogen and oxygen atoms in total. The van der Waals surface area contributed by atoms with Gasteiger partial charge in [-0.1, -0.05) is 33.6 Å². The predicted octanol–water partition coefficient (Wildman–Crippen LogP) is 3.22. The zero-order valence-electron chi connectivity index (χ0n) is 11.3. The molecule has 1 fully saturated rings. The normalized spacial score (nSPS) is 20.2. The molecule has 1 aliphatic heterocycles. The molecular formula is C14H29NO. The van der Waals surface area contributed by atoms with Crippen molar-refractivity contribution in [3.63, 3.8) is 0 Å². The largest absolute Gasteiger partial charge is 0.381 e. The smallest absolute Gasteiger partial charge is 0.0468 e. The van der Waals surface area contributed by atoms with Crippen LogP contribution in [-0.4, -0.2) is 25.8 Å². The average molecular weight is 227 g/mol. The Morgan fingerprint density at radius 3 is 2.25 bits per heavy atom. The van der Waals surface area contributed by atoms with Crippen molar-refractivity contribution in [3.05, 3.63) is 0 Å². The highest BCUT2D eigenvalue weighted by Gasteiger charge is 2.23. The number of nitrogens with one attached hydrogen (secondary N) is 1. The van der Waals surface area contributed by atoms with Crippen LogP contribution in [-0.2, 0) is 4.74 Å². The van der Waals surface area contributed by atoms with E-state index in [-0.39, 0.29) is 0 Å². The van der Waals surface area contributed by atoms with Crippen LogP contribution in [0.5, 0.6) is 0 Å². The van der Waals surface area contributed by atoms with Crippen molar-refractivity contribution in [1.82, 2.24) is 5.32 Å². The molecule has 0 radical (unpaired) electrons. The first-order valence-electron chi connectivity index (χ1n) is 7.12. The second-order valence-corrected chi connectivity index (χ2v) is 5.03. The van der Waals surface area contributed by atoms with E-state index in [4.69, 9.17) is 4.74 Å². The maximum Gasteiger partial charge on any atom is 0.0468 e. The van der Waals surface area contributed by atoms with Gasteiger partial charge in [-0.15, -0.1) is 0 Å². The Morgan fingerprint density at radius 2 is 1.75 bits per heavy atom. The van der Waals surface area contributed by atoms with Crippen molar-refractivity contribution in [2.24, 2.45) is 11.8 Å². The van der Waals surface area contributed by atoms with Crippen LogP contribution >= 0.6 is 0 Å². The summed E-state index contributed by atoms with van der Waals surface area (Å²) in [5.41, 5.74) is 0. The lowest BCUT2D eigenvalue weighted by Crippen LogP contribution is -2.38. The number of hydrogen-bond acceptors (Lipinski definition) is 2. The minimum Gasteiger partial charge on any atom is -0.381 e. The van der Waals surface area contributed by atoms with Crippen LogP contribution in [0, 0.1) is 11.8 Å². The molecule has 2 heteroatoms. The van der Waals surface area contributed by atoms with Crippen LogP contribution in [0.25, 0.3) is 0 Å². The predicted molar refractivity (Wildman–Crippen MR) is 69.7 cm³/mol. The van der Waals surface area contributed by atoms with Crippen LogP contribution in [0.3, 0.4) is 0 Å². The second kappa shape index (κ2) is 8.08. The number of rotatable bonds is 7. The summed E-state index contributed by atoms with van der Waals surface area (Å²) in [6.07, 6.45) is 6.49. The van der Waals surface area contributed by atoms with Crippen LogP contribution in [0.4, 0.5) is 0 Å². The van der Waals surface area contributed by atoms with Gasteiger partial charge in [0.25, 0.3) is 0 Å². The van der Waals surface area contributed by atoms with Gasteiger partial charge in [0.05, 0.1) is 0 Å². The van der Waals surface area contributed by atoms with Gasteiger partial charge in [0.15, 0.2) is 0 Å².